The van der Waals surface area contributed by atoms with Gasteiger partial charge in [-0.05, 0) is 48.4 Å². The van der Waals surface area contributed by atoms with E-state index in [9.17, 15) is 0 Å². The summed E-state index contributed by atoms with van der Waals surface area (Å²) < 4.78 is 2.43. The number of aromatic nitrogens is 1. The minimum absolute atomic E-state index is 0.272. The molecule has 7 rings (SSSR count). The molecule has 164 valence electrons. The van der Waals surface area contributed by atoms with Crippen LogP contribution in [0.15, 0.2) is 109 Å². The summed E-state index contributed by atoms with van der Waals surface area (Å²) in [5.74, 6) is 0.351. The van der Waals surface area contributed by atoms with E-state index in [2.05, 4.69) is 132 Å². The van der Waals surface area contributed by atoms with E-state index < -0.39 is 0 Å². The largest absolute Gasteiger partial charge is 0.359 e. The topological polar surface area (TPSA) is 8.17 Å². The molecule has 2 heterocycles. The van der Waals surface area contributed by atoms with E-state index in [1.165, 1.54) is 50.2 Å². The van der Waals surface area contributed by atoms with E-state index in [0.717, 1.165) is 6.54 Å². The van der Waals surface area contributed by atoms with Gasteiger partial charge in [0.2, 0.25) is 0 Å². The quantitative estimate of drug-likeness (QED) is 0.279. The predicted molar refractivity (Wildman–Crippen MR) is 142 cm³/mol. The minimum Gasteiger partial charge on any atom is -0.359 e. The third-order valence-electron chi connectivity index (χ3n) is 7.48. The molecular formula is C32H26N2. The van der Waals surface area contributed by atoms with Crippen molar-refractivity contribution in [1.82, 2.24) is 4.57 Å². The van der Waals surface area contributed by atoms with Gasteiger partial charge in [0.15, 0.2) is 0 Å². The number of fused-ring (bicyclic) bond motifs is 7. The molecule has 1 aromatic heterocycles. The Bertz CT molecular complexity index is 1540. The number of nitrogens with zero attached hydrogens (tertiary/aromatic N) is 2. The van der Waals surface area contributed by atoms with Crippen LogP contribution in [0.5, 0.6) is 0 Å². The zero-order valence-corrected chi connectivity index (χ0v) is 19.2. The zero-order valence-electron chi connectivity index (χ0n) is 19.2. The van der Waals surface area contributed by atoms with Gasteiger partial charge in [-0.25, -0.2) is 0 Å². The number of hydrogen-bond acceptors (Lipinski definition) is 1. The van der Waals surface area contributed by atoms with E-state index in [1.807, 2.05) is 0 Å². The Hall–Kier alpha value is -4.04. The van der Waals surface area contributed by atoms with Crippen molar-refractivity contribution < 1.29 is 0 Å². The van der Waals surface area contributed by atoms with Crippen LogP contribution in [-0.4, -0.2) is 4.57 Å². The number of rotatable bonds is 3. The summed E-state index contributed by atoms with van der Waals surface area (Å²) in [4.78, 5) is 2.63. The Kier molecular flexibility index (Phi) is 4.28. The molecule has 0 fully saturated rings. The Labute approximate surface area is 200 Å². The van der Waals surface area contributed by atoms with Crippen LogP contribution in [0.4, 0.5) is 5.69 Å². The standard InChI is InChI=1S/C32H26N2/c1-22-15-17-23(18-16-22)21-33-28-13-7-5-11-25(28)26-19-20-30-31(32(26)33)27-12-6-8-14-29(27)34(30)24-9-3-2-4-10-24/h2-20,26,32H,21H2,1H3. The summed E-state index contributed by atoms with van der Waals surface area (Å²) in [6, 6.07) is 37.9. The molecule has 2 aliphatic rings. The van der Waals surface area contributed by atoms with Crippen molar-refractivity contribution in [3.8, 4) is 5.69 Å². The summed E-state index contributed by atoms with van der Waals surface area (Å²) in [6.07, 6.45) is 4.79. The summed E-state index contributed by atoms with van der Waals surface area (Å²) in [6.45, 7) is 3.05. The number of benzene rings is 4. The van der Waals surface area contributed by atoms with Crippen molar-refractivity contribution >= 4 is 22.7 Å². The fourth-order valence-corrected chi connectivity index (χ4v) is 5.97. The average Bonchev–Trinajstić information content (AvgIpc) is 3.39. The van der Waals surface area contributed by atoms with E-state index in [0.29, 0.717) is 5.92 Å². The van der Waals surface area contributed by atoms with Gasteiger partial charge in [0.1, 0.15) is 0 Å². The molecule has 1 aliphatic carbocycles. The Morgan fingerprint density at radius 3 is 2.32 bits per heavy atom. The molecule has 2 unspecified atom stereocenters. The summed E-state index contributed by atoms with van der Waals surface area (Å²) in [5.41, 5.74) is 10.7. The van der Waals surface area contributed by atoms with Crippen LogP contribution in [-0.2, 0) is 6.54 Å². The van der Waals surface area contributed by atoms with E-state index >= 15 is 0 Å². The molecule has 2 heteroatoms. The van der Waals surface area contributed by atoms with Crippen LogP contribution < -0.4 is 4.90 Å². The molecule has 34 heavy (non-hydrogen) atoms. The first-order valence-electron chi connectivity index (χ1n) is 12.1. The minimum atomic E-state index is 0.272. The van der Waals surface area contributed by atoms with Gasteiger partial charge in [-0.2, -0.15) is 0 Å². The van der Waals surface area contributed by atoms with Crippen molar-refractivity contribution in [3.63, 3.8) is 0 Å². The Morgan fingerprint density at radius 1 is 0.735 bits per heavy atom. The number of para-hydroxylation sites is 3. The van der Waals surface area contributed by atoms with Gasteiger partial charge in [-0.15, -0.1) is 0 Å². The molecule has 0 saturated heterocycles. The van der Waals surface area contributed by atoms with Crippen LogP contribution in [0, 0.1) is 6.92 Å². The highest BCUT2D eigenvalue weighted by atomic mass is 15.2. The Balaban J connectivity index is 1.46. The third kappa shape index (κ3) is 2.82. The predicted octanol–water partition coefficient (Wildman–Crippen LogP) is 7.81. The fraction of sp³-hybridized carbons (Fsp3) is 0.125. The van der Waals surface area contributed by atoms with E-state index in [1.54, 1.807) is 0 Å². The lowest BCUT2D eigenvalue weighted by Gasteiger charge is -2.32. The number of anilines is 1. The zero-order chi connectivity index (χ0) is 22.6. The van der Waals surface area contributed by atoms with E-state index in [4.69, 9.17) is 0 Å². The van der Waals surface area contributed by atoms with Crippen molar-refractivity contribution in [2.45, 2.75) is 25.4 Å². The summed E-state index contributed by atoms with van der Waals surface area (Å²) in [5, 5.41) is 1.35. The highest BCUT2D eigenvalue weighted by Crippen LogP contribution is 2.55. The smallest absolute Gasteiger partial charge is 0.0677 e. The second-order valence-corrected chi connectivity index (χ2v) is 9.49. The normalized spacial score (nSPS) is 18.1. The van der Waals surface area contributed by atoms with Crippen molar-refractivity contribution in [1.29, 1.82) is 0 Å². The van der Waals surface area contributed by atoms with Crippen molar-refractivity contribution in [2.75, 3.05) is 4.90 Å². The first-order valence-corrected chi connectivity index (χ1v) is 12.1. The first kappa shape index (κ1) is 19.4. The van der Waals surface area contributed by atoms with Gasteiger partial charge in [0.25, 0.3) is 0 Å². The highest BCUT2D eigenvalue weighted by molar-refractivity contribution is 5.93. The van der Waals surface area contributed by atoms with Gasteiger partial charge in [-0.3, -0.25) is 0 Å². The molecule has 2 nitrogen and oxygen atoms in total. The molecule has 5 aromatic rings. The lowest BCUT2D eigenvalue weighted by atomic mass is 9.84. The number of aryl methyl sites for hydroxylation is 1. The molecule has 0 saturated carbocycles. The molecular weight excluding hydrogens is 412 g/mol. The molecule has 4 aromatic carbocycles. The van der Waals surface area contributed by atoms with Gasteiger partial charge >= 0.3 is 0 Å². The SMILES string of the molecule is Cc1ccc(CN2c3ccccc3C3C=Cc4c(c5ccccc5n4-c4ccccc4)C32)cc1. The first-order chi connectivity index (χ1) is 16.8. The second-order valence-electron chi connectivity index (χ2n) is 9.49. The third-order valence-corrected chi connectivity index (χ3v) is 7.48. The Morgan fingerprint density at radius 2 is 1.47 bits per heavy atom. The van der Waals surface area contributed by atoms with Crippen LogP contribution in [0.3, 0.4) is 0 Å². The molecule has 0 amide bonds. The van der Waals surface area contributed by atoms with Crippen LogP contribution >= 0.6 is 0 Å². The molecule has 0 bridgehead atoms. The maximum absolute atomic E-state index is 2.63. The highest BCUT2D eigenvalue weighted by Gasteiger charge is 2.42. The molecule has 2 atom stereocenters. The summed E-state index contributed by atoms with van der Waals surface area (Å²) in [7, 11) is 0. The van der Waals surface area contributed by atoms with Gasteiger partial charge in [0.05, 0.1) is 17.3 Å². The van der Waals surface area contributed by atoms with Crippen LogP contribution in [0.25, 0.3) is 22.7 Å². The molecule has 0 radical (unpaired) electrons. The fourth-order valence-electron chi connectivity index (χ4n) is 5.97. The lowest BCUT2D eigenvalue weighted by molar-refractivity contribution is 0.608. The van der Waals surface area contributed by atoms with Crippen molar-refractivity contribution in [3.05, 3.63) is 137 Å². The molecule has 1 aliphatic heterocycles. The van der Waals surface area contributed by atoms with E-state index in [-0.39, 0.29) is 6.04 Å². The van der Waals surface area contributed by atoms with Gasteiger partial charge in [-0.1, -0.05) is 90.5 Å². The van der Waals surface area contributed by atoms with Gasteiger partial charge in [0, 0.05) is 34.8 Å². The lowest BCUT2D eigenvalue weighted by Crippen LogP contribution is -2.27. The van der Waals surface area contributed by atoms with Crippen LogP contribution in [0.1, 0.15) is 39.9 Å². The monoisotopic (exact) mass is 438 g/mol. The number of hydrogen-bond donors (Lipinski definition) is 0. The molecule has 0 spiro atoms. The van der Waals surface area contributed by atoms with Crippen LogP contribution in [0.2, 0.25) is 0 Å². The van der Waals surface area contributed by atoms with Crippen molar-refractivity contribution in [2.24, 2.45) is 0 Å². The van der Waals surface area contributed by atoms with Gasteiger partial charge < -0.3 is 9.47 Å². The average molecular weight is 439 g/mol. The molecule has 0 N–H and O–H groups in total. The summed E-state index contributed by atoms with van der Waals surface area (Å²) >= 11 is 0. The second kappa shape index (κ2) is 7.50. The maximum atomic E-state index is 2.63. The maximum Gasteiger partial charge on any atom is 0.0677 e.